The molecule has 0 aromatic heterocycles. The van der Waals surface area contributed by atoms with Crippen LogP contribution in [0.15, 0.2) is 0 Å². The highest BCUT2D eigenvalue weighted by atomic mass is 16.4. The zero-order valence-electron chi connectivity index (χ0n) is 5.06. The highest BCUT2D eigenvalue weighted by Crippen LogP contribution is 1.90. The summed E-state index contributed by atoms with van der Waals surface area (Å²) in [4.78, 5) is 9.78. The van der Waals surface area contributed by atoms with Crippen molar-refractivity contribution < 1.29 is 30.7 Å². The molecular weight excluding hydrogens is 144 g/mol. The fourth-order valence-corrected chi connectivity index (χ4v) is 0.264. The van der Waals surface area contributed by atoms with Gasteiger partial charge in [-0.25, -0.2) is 4.79 Å². The largest absolute Gasteiger partial charge is 0.479 e. The number of aliphatic hydroxyl groups is 3. The second-order valence-corrected chi connectivity index (χ2v) is 1.53. The Morgan fingerprint density at radius 1 is 1.40 bits per heavy atom. The minimum Gasteiger partial charge on any atom is -0.479 e. The summed E-state index contributed by atoms with van der Waals surface area (Å²) < 4.78 is 0. The molecule has 0 spiro atoms. The first-order valence-electron chi connectivity index (χ1n) is 2.29. The Balaban J connectivity index is 0. The van der Waals surface area contributed by atoms with Crippen molar-refractivity contribution in [1.29, 1.82) is 0 Å². The number of carboxylic acid groups (broad SMARTS) is 1. The van der Waals surface area contributed by atoms with Crippen molar-refractivity contribution in [3.8, 4) is 0 Å². The van der Waals surface area contributed by atoms with Gasteiger partial charge in [-0.1, -0.05) is 0 Å². The van der Waals surface area contributed by atoms with E-state index in [-0.39, 0.29) is 5.48 Å². The van der Waals surface area contributed by atoms with Crippen molar-refractivity contribution in [3.05, 3.63) is 0 Å². The smallest absolute Gasteiger partial charge is 0.335 e. The van der Waals surface area contributed by atoms with Crippen molar-refractivity contribution in [3.63, 3.8) is 0 Å². The zero-order chi connectivity index (χ0) is 7.44. The van der Waals surface area contributed by atoms with Crippen LogP contribution in [-0.4, -0.2) is 50.7 Å². The Kier molecular flexibility index (Phi) is 6.16. The van der Waals surface area contributed by atoms with E-state index in [0.29, 0.717) is 0 Å². The van der Waals surface area contributed by atoms with Crippen LogP contribution in [0.3, 0.4) is 0 Å². The lowest BCUT2D eigenvalue weighted by atomic mass is 10.2. The van der Waals surface area contributed by atoms with E-state index in [1.807, 2.05) is 0 Å². The summed E-state index contributed by atoms with van der Waals surface area (Å²) >= 11 is 0. The summed E-state index contributed by atoms with van der Waals surface area (Å²) in [5, 5.41) is 32.8. The third-order valence-electron chi connectivity index (χ3n) is 0.805. The van der Waals surface area contributed by atoms with Gasteiger partial charge in [-0.15, -0.1) is 0 Å². The first-order chi connectivity index (χ1) is 4.09. The van der Waals surface area contributed by atoms with Gasteiger partial charge in [0, 0.05) is 0 Å². The molecule has 62 valence electrons. The third-order valence-corrected chi connectivity index (χ3v) is 0.805. The summed E-state index contributed by atoms with van der Waals surface area (Å²) in [5.74, 6) is -1.54. The molecule has 0 radical (unpaired) electrons. The number of aliphatic carboxylic acids is 1. The first-order valence-corrected chi connectivity index (χ1v) is 2.29. The molecule has 0 fully saturated rings. The average Bonchev–Trinajstić information content (AvgIpc) is 1.84. The molecule has 0 saturated carbocycles. The van der Waals surface area contributed by atoms with Gasteiger partial charge < -0.3 is 25.9 Å². The van der Waals surface area contributed by atoms with Gasteiger partial charge >= 0.3 is 5.97 Å². The summed E-state index contributed by atoms with van der Waals surface area (Å²) in [6, 6.07) is 0. The van der Waals surface area contributed by atoms with E-state index in [9.17, 15) is 4.79 Å². The predicted molar refractivity (Wildman–Crippen MR) is 30.3 cm³/mol. The summed E-state index contributed by atoms with van der Waals surface area (Å²) in [6.07, 6.45) is -3.49. The van der Waals surface area contributed by atoms with Gasteiger partial charge in [0.1, 0.15) is 6.10 Å². The average molecular weight is 154 g/mol. The molecule has 6 N–H and O–H groups in total. The SMILES string of the molecule is O.O=C(O)[C@H](O)[C@@H](O)CO. The Morgan fingerprint density at radius 3 is 1.90 bits per heavy atom. The Morgan fingerprint density at radius 2 is 1.80 bits per heavy atom. The highest BCUT2D eigenvalue weighted by molar-refractivity contribution is 5.72. The van der Waals surface area contributed by atoms with E-state index in [2.05, 4.69) is 0 Å². The number of hydrogen-bond donors (Lipinski definition) is 4. The molecule has 6 heteroatoms. The summed E-state index contributed by atoms with van der Waals surface area (Å²) in [7, 11) is 0. The molecule has 0 unspecified atom stereocenters. The van der Waals surface area contributed by atoms with Crippen molar-refractivity contribution in [1.82, 2.24) is 0 Å². The molecule has 0 aliphatic rings. The normalized spacial score (nSPS) is 15.1. The number of rotatable bonds is 3. The highest BCUT2D eigenvalue weighted by Gasteiger charge is 2.21. The fourth-order valence-electron chi connectivity index (χ4n) is 0.264. The molecule has 0 aliphatic carbocycles. The Labute approximate surface area is 56.7 Å². The van der Waals surface area contributed by atoms with Gasteiger partial charge in [-0.2, -0.15) is 0 Å². The molecule has 0 aromatic rings. The standard InChI is InChI=1S/C4H8O5.H2O/c5-1-2(6)3(7)4(8)9;/h2-3,5-7H,1H2,(H,8,9);1H2/t2-,3+;/m0./s1. The van der Waals surface area contributed by atoms with E-state index in [4.69, 9.17) is 20.4 Å². The van der Waals surface area contributed by atoms with Crippen LogP contribution in [0.2, 0.25) is 0 Å². The molecule has 0 aromatic carbocycles. The van der Waals surface area contributed by atoms with Crippen molar-refractivity contribution >= 4 is 5.97 Å². The summed E-state index contributed by atoms with van der Waals surface area (Å²) in [6.45, 7) is -0.756. The molecular formula is C4H10O6. The number of aliphatic hydroxyl groups excluding tert-OH is 3. The van der Waals surface area contributed by atoms with Gasteiger partial charge in [-0.3, -0.25) is 0 Å². The van der Waals surface area contributed by atoms with Crippen molar-refractivity contribution in [2.24, 2.45) is 0 Å². The van der Waals surface area contributed by atoms with E-state index < -0.39 is 24.8 Å². The van der Waals surface area contributed by atoms with E-state index in [1.54, 1.807) is 0 Å². The topological polar surface area (TPSA) is 129 Å². The van der Waals surface area contributed by atoms with E-state index >= 15 is 0 Å². The molecule has 0 aliphatic heterocycles. The lowest BCUT2D eigenvalue weighted by Crippen LogP contribution is -2.36. The maximum atomic E-state index is 9.78. The quantitative estimate of drug-likeness (QED) is 0.343. The van der Waals surface area contributed by atoms with Crippen LogP contribution < -0.4 is 0 Å². The molecule has 0 amide bonds. The van der Waals surface area contributed by atoms with Gasteiger partial charge in [-0.05, 0) is 0 Å². The fraction of sp³-hybridized carbons (Fsp3) is 0.750. The maximum Gasteiger partial charge on any atom is 0.335 e. The molecule has 0 rings (SSSR count). The molecule has 2 atom stereocenters. The second kappa shape index (κ2) is 5.12. The second-order valence-electron chi connectivity index (χ2n) is 1.53. The van der Waals surface area contributed by atoms with Crippen LogP contribution >= 0.6 is 0 Å². The minimum absolute atomic E-state index is 0. The number of hydrogen-bond acceptors (Lipinski definition) is 4. The van der Waals surface area contributed by atoms with Gasteiger partial charge in [0.25, 0.3) is 0 Å². The monoisotopic (exact) mass is 154 g/mol. The predicted octanol–water partition coefficient (Wildman–Crippen LogP) is -3.04. The van der Waals surface area contributed by atoms with Crippen LogP contribution in [0.1, 0.15) is 0 Å². The maximum absolute atomic E-state index is 9.78. The lowest BCUT2D eigenvalue weighted by molar-refractivity contribution is -0.154. The molecule has 10 heavy (non-hydrogen) atoms. The zero-order valence-corrected chi connectivity index (χ0v) is 5.06. The van der Waals surface area contributed by atoms with E-state index in [1.165, 1.54) is 0 Å². The van der Waals surface area contributed by atoms with Crippen molar-refractivity contribution in [2.45, 2.75) is 12.2 Å². The number of carbonyl (C=O) groups is 1. The third kappa shape index (κ3) is 3.36. The van der Waals surface area contributed by atoms with Crippen LogP contribution in [-0.2, 0) is 4.79 Å². The first kappa shape index (κ1) is 12.0. The molecule has 0 heterocycles. The van der Waals surface area contributed by atoms with Crippen molar-refractivity contribution in [2.75, 3.05) is 6.61 Å². The number of carboxylic acids is 1. The van der Waals surface area contributed by atoms with E-state index in [0.717, 1.165) is 0 Å². The van der Waals surface area contributed by atoms with Gasteiger partial charge in [0.15, 0.2) is 6.10 Å². The lowest BCUT2D eigenvalue weighted by Gasteiger charge is -2.09. The van der Waals surface area contributed by atoms with Crippen LogP contribution in [0.5, 0.6) is 0 Å². The summed E-state index contributed by atoms with van der Waals surface area (Å²) in [5.41, 5.74) is 0. The Hall–Kier alpha value is -0.690. The van der Waals surface area contributed by atoms with Crippen LogP contribution in [0.25, 0.3) is 0 Å². The minimum atomic E-state index is -1.89. The molecule has 0 bridgehead atoms. The van der Waals surface area contributed by atoms with Crippen LogP contribution in [0.4, 0.5) is 0 Å². The van der Waals surface area contributed by atoms with Gasteiger partial charge in [0.2, 0.25) is 0 Å². The Bertz CT molecular complexity index is 102. The van der Waals surface area contributed by atoms with Crippen LogP contribution in [0, 0.1) is 0 Å². The van der Waals surface area contributed by atoms with Gasteiger partial charge in [0.05, 0.1) is 6.61 Å². The molecule has 0 saturated heterocycles. The molecule has 6 nitrogen and oxygen atoms in total.